The molecular weight excluding hydrogens is 353 g/mol. The molecule has 1 N–H and O–H groups in total. The average Bonchev–Trinajstić information content (AvgIpc) is 2.82. The fourth-order valence-electron chi connectivity index (χ4n) is 2.54. The van der Waals surface area contributed by atoms with E-state index < -0.39 is 18.3 Å². The Morgan fingerprint density at radius 2 is 2.24 bits per heavy atom. The molecule has 2 rings (SSSR count). The maximum absolute atomic E-state index is 12.4. The van der Waals surface area contributed by atoms with Crippen molar-refractivity contribution >= 4 is 21.6 Å². The van der Waals surface area contributed by atoms with Crippen LogP contribution in [0.2, 0.25) is 0 Å². The molecule has 0 saturated carbocycles. The van der Waals surface area contributed by atoms with E-state index in [-0.39, 0.29) is 10.5 Å². The molecule has 21 heavy (non-hydrogen) atoms. The Labute approximate surface area is 128 Å². The second-order valence-electron chi connectivity index (χ2n) is 4.97. The molecule has 5 nitrogen and oxygen atoms in total. The van der Waals surface area contributed by atoms with Crippen LogP contribution in [0, 0.1) is 0 Å². The molecule has 0 amide bonds. The highest BCUT2D eigenvalue weighted by molar-refractivity contribution is 9.10. The van der Waals surface area contributed by atoms with Crippen LogP contribution in [0.3, 0.4) is 0 Å². The van der Waals surface area contributed by atoms with Crippen molar-refractivity contribution in [3.8, 4) is 0 Å². The smallest absolute Gasteiger partial charge is 0.365 e. The summed E-state index contributed by atoms with van der Waals surface area (Å²) in [5.74, 6) is 0. The fourth-order valence-corrected chi connectivity index (χ4v) is 3.07. The van der Waals surface area contributed by atoms with Crippen LogP contribution in [0.15, 0.2) is 15.5 Å². The van der Waals surface area contributed by atoms with Gasteiger partial charge in [-0.2, -0.15) is 18.3 Å². The molecule has 1 aromatic heterocycles. The number of hydrogen-bond acceptors (Lipinski definition) is 4. The molecule has 1 unspecified atom stereocenters. The van der Waals surface area contributed by atoms with Gasteiger partial charge in [0.25, 0.3) is 5.56 Å². The van der Waals surface area contributed by atoms with Crippen molar-refractivity contribution in [1.29, 1.82) is 0 Å². The number of alkyl halides is 3. The van der Waals surface area contributed by atoms with Gasteiger partial charge in [-0.15, -0.1) is 0 Å². The largest absolute Gasteiger partial charge is 0.408 e. The minimum atomic E-state index is -4.47. The maximum atomic E-state index is 12.4. The summed E-state index contributed by atoms with van der Waals surface area (Å²) in [7, 11) is 1.84. The lowest BCUT2D eigenvalue weighted by atomic mass is 10.2. The van der Waals surface area contributed by atoms with E-state index in [4.69, 9.17) is 0 Å². The second-order valence-corrected chi connectivity index (χ2v) is 5.76. The van der Waals surface area contributed by atoms with Gasteiger partial charge in [-0.05, 0) is 35.8 Å². The van der Waals surface area contributed by atoms with E-state index in [2.05, 4.69) is 26.3 Å². The molecule has 1 aromatic rings. The standard InChI is InChI=1S/C12H16BrF3N4O/c1-17-5-8-3-2-4-19(8)9-6-18-20(7-12(14,15)16)11(21)10(9)13/h6,8,17H,2-5,7H2,1H3. The minimum Gasteiger partial charge on any atom is -0.365 e. The summed E-state index contributed by atoms with van der Waals surface area (Å²) in [4.78, 5) is 14.0. The van der Waals surface area contributed by atoms with Gasteiger partial charge in [0, 0.05) is 19.1 Å². The van der Waals surface area contributed by atoms with E-state index in [9.17, 15) is 18.0 Å². The van der Waals surface area contributed by atoms with Crippen LogP contribution in [-0.2, 0) is 6.54 Å². The van der Waals surface area contributed by atoms with E-state index in [1.807, 2.05) is 11.9 Å². The Morgan fingerprint density at radius 3 is 2.86 bits per heavy atom. The van der Waals surface area contributed by atoms with E-state index in [0.29, 0.717) is 10.4 Å². The zero-order chi connectivity index (χ0) is 15.6. The van der Waals surface area contributed by atoms with Crippen LogP contribution >= 0.6 is 15.9 Å². The van der Waals surface area contributed by atoms with Crippen LogP contribution < -0.4 is 15.8 Å². The first-order chi connectivity index (χ1) is 9.83. The summed E-state index contributed by atoms with van der Waals surface area (Å²) in [6.45, 7) is 0.123. The van der Waals surface area contributed by atoms with Gasteiger partial charge in [0.2, 0.25) is 0 Å². The number of likely N-dealkylation sites (N-methyl/N-ethyl adjacent to an activating group) is 1. The highest BCUT2D eigenvalue weighted by atomic mass is 79.9. The predicted molar refractivity (Wildman–Crippen MR) is 76.5 cm³/mol. The van der Waals surface area contributed by atoms with E-state index in [0.717, 1.165) is 25.9 Å². The fraction of sp³-hybridized carbons (Fsp3) is 0.667. The number of anilines is 1. The number of rotatable bonds is 4. The lowest BCUT2D eigenvalue weighted by molar-refractivity contribution is -0.143. The van der Waals surface area contributed by atoms with Crippen molar-refractivity contribution in [3.05, 3.63) is 21.0 Å². The molecule has 0 spiro atoms. The summed E-state index contributed by atoms with van der Waals surface area (Å²) in [6.07, 6.45) is -1.20. The van der Waals surface area contributed by atoms with Gasteiger partial charge < -0.3 is 10.2 Å². The van der Waals surface area contributed by atoms with Crippen molar-refractivity contribution in [2.45, 2.75) is 31.6 Å². The molecule has 2 heterocycles. The Hall–Kier alpha value is -1.09. The normalized spacial score (nSPS) is 19.3. The lowest BCUT2D eigenvalue weighted by Crippen LogP contribution is -2.39. The second kappa shape index (κ2) is 6.35. The van der Waals surface area contributed by atoms with Gasteiger partial charge in [0.15, 0.2) is 0 Å². The third kappa shape index (κ3) is 3.76. The van der Waals surface area contributed by atoms with Crippen LogP contribution in [0.4, 0.5) is 18.9 Å². The Morgan fingerprint density at radius 1 is 1.52 bits per heavy atom. The molecule has 118 valence electrons. The zero-order valence-corrected chi connectivity index (χ0v) is 13.0. The average molecular weight is 369 g/mol. The number of halogens is 4. The molecular formula is C12H16BrF3N4O. The number of hydrogen-bond donors (Lipinski definition) is 1. The Kier molecular flexibility index (Phi) is 4.92. The highest BCUT2D eigenvalue weighted by Gasteiger charge is 2.31. The van der Waals surface area contributed by atoms with Crippen LogP contribution in [0.25, 0.3) is 0 Å². The molecule has 1 atom stereocenters. The van der Waals surface area contributed by atoms with Crippen molar-refractivity contribution in [3.63, 3.8) is 0 Å². The number of nitrogens with one attached hydrogen (secondary N) is 1. The van der Waals surface area contributed by atoms with Crippen molar-refractivity contribution in [1.82, 2.24) is 15.1 Å². The third-order valence-electron chi connectivity index (χ3n) is 3.42. The molecule has 1 aliphatic rings. The predicted octanol–water partition coefficient (Wildman–Crippen LogP) is 1.76. The SMILES string of the molecule is CNCC1CCCN1c1cnn(CC(F)(F)F)c(=O)c1Br. The summed E-state index contributed by atoms with van der Waals surface area (Å²) >= 11 is 3.12. The van der Waals surface area contributed by atoms with Crippen molar-refractivity contribution in [2.24, 2.45) is 0 Å². The summed E-state index contributed by atoms with van der Waals surface area (Å²) in [5, 5.41) is 6.73. The van der Waals surface area contributed by atoms with Gasteiger partial charge >= 0.3 is 6.18 Å². The van der Waals surface area contributed by atoms with Gasteiger partial charge in [0.05, 0.1) is 11.9 Å². The first kappa shape index (κ1) is 16.3. The Bertz CT molecular complexity index is 560. The van der Waals surface area contributed by atoms with Crippen LogP contribution in [0.1, 0.15) is 12.8 Å². The van der Waals surface area contributed by atoms with Gasteiger partial charge in [0.1, 0.15) is 11.0 Å². The first-order valence-corrected chi connectivity index (χ1v) is 7.36. The highest BCUT2D eigenvalue weighted by Crippen LogP contribution is 2.29. The molecule has 9 heteroatoms. The molecule has 1 aliphatic heterocycles. The topological polar surface area (TPSA) is 50.2 Å². The van der Waals surface area contributed by atoms with Crippen molar-refractivity contribution in [2.75, 3.05) is 25.0 Å². The van der Waals surface area contributed by atoms with E-state index in [1.165, 1.54) is 6.20 Å². The van der Waals surface area contributed by atoms with Crippen LogP contribution in [0.5, 0.6) is 0 Å². The number of aromatic nitrogens is 2. The lowest BCUT2D eigenvalue weighted by Gasteiger charge is -2.27. The molecule has 0 aromatic carbocycles. The van der Waals surface area contributed by atoms with Gasteiger partial charge in [-0.25, -0.2) is 4.68 Å². The van der Waals surface area contributed by atoms with Gasteiger partial charge in [-0.1, -0.05) is 0 Å². The Balaban J connectivity index is 2.30. The zero-order valence-electron chi connectivity index (χ0n) is 11.5. The van der Waals surface area contributed by atoms with Crippen LogP contribution in [-0.4, -0.2) is 42.1 Å². The summed E-state index contributed by atoms with van der Waals surface area (Å²) in [6, 6.07) is 0.214. The van der Waals surface area contributed by atoms with Gasteiger partial charge in [-0.3, -0.25) is 4.79 Å². The van der Waals surface area contributed by atoms with E-state index in [1.54, 1.807) is 0 Å². The molecule has 0 aliphatic carbocycles. The quantitative estimate of drug-likeness (QED) is 0.879. The molecule has 0 radical (unpaired) electrons. The monoisotopic (exact) mass is 368 g/mol. The molecule has 1 fully saturated rings. The third-order valence-corrected chi connectivity index (χ3v) is 4.17. The van der Waals surface area contributed by atoms with Crippen molar-refractivity contribution < 1.29 is 13.2 Å². The number of nitrogens with zero attached hydrogens (tertiary/aromatic N) is 3. The first-order valence-electron chi connectivity index (χ1n) is 6.57. The summed E-state index contributed by atoms with van der Waals surface area (Å²) in [5.41, 5.74) is -0.212. The van der Waals surface area contributed by atoms with E-state index >= 15 is 0 Å². The molecule has 0 bridgehead atoms. The summed E-state index contributed by atoms with van der Waals surface area (Å²) < 4.78 is 37.7. The maximum Gasteiger partial charge on any atom is 0.408 e. The molecule has 1 saturated heterocycles. The minimum absolute atomic E-state index is 0.129.